The Morgan fingerprint density at radius 1 is 1.26 bits per heavy atom. The largest absolute Gasteiger partial charge is 0.481 e. The molecule has 0 saturated carbocycles. The number of aliphatic carboxylic acids is 1. The first kappa shape index (κ1) is 17.9. The van der Waals surface area contributed by atoms with Crippen LogP contribution < -0.4 is 0 Å². The van der Waals surface area contributed by atoms with Crippen LogP contribution in [-0.2, 0) is 16.0 Å². The number of carbonyl (C=O) groups excluding carboxylic acids is 1. The van der Waals surface area contributed by atoms with Gasteiger partial charge in [-0.1, -0.05) is 29.3 Å². The van der Waals surface area contributed by atoms with E-state index in [1.807, 2.05) is 0 Å². The average Bonchev–Trinajstić information content (AvgIpc) is 2.87. The molecule has 1 fully saturated rings. The van der Waals surface area contributed by atoms with Crippen molar-refractivity contribution >= 4 is 35.1 Å². The minimum Gasteiger partial charge on any atom is -0.481 e. The first-order valence-electron chi connectivity index (χ1n) is 6.61. The highest BCUT2D eigenvalue weighted by atomic mass is 35.5. The fourth-order valence-electron chi connectivity index (χ4n) is 2.53. The molecule has 1 aromatic rings. The summed E-state index contributed by atoms with van der Waals surface area (Å²) in [5, 5.41) is 9.54. The SMILES string of the molecule is O=C(O)[C@@H]1CN(C(=O)Cc2ccc(Cl)cc2Cl)C[C@H]1C(F)(F)F. The molecule has 1 aromatic carbocycles. The van der Waals surface area contributed by atoms with Crippen molar-refractivity contribution in [3.8, 4) is 0 Å². The lowest BCUT2D eigenvalue weighted by molar-refractivity contribution is -0.188. The van der Waals surface area contributed by atoms with Gasteiger partial charge in [0.15, 0.2) is 0 Å². The number of carboxylic acid groups (broad SMARTS) is 1. The fraction of sp³-hybridized carbons (Fsp3) is 0.429. The number of carbonyl (C=O) groups is 2. The quantitative estimate of drug-likeness (QED) is 0.889. The maximum atomic E-state index is 12.9. The number of nitrogens with zero attached hydrogens (tertiary/aromatic N) is 1. The molecular weight excluding hydrogens is 358 g/mol. The van der Waals surface area contributed by atoms with Crippen molar-refractivity contribution in [2.24, 2.45) is 11.8 Å². The van der Waals surface area contributed by atoms with Crippen LogP contribution >= 0.6 is 23.2 Å². The maximum absolute atomic E-state index is 12.9. The highest BCUT2D eigenvalue weighted by Crippen LogP contribution is 2.38. The van der Waals surface area contributed by atoms with Crippen LogP contribution in [0.25, 0.3) is 0 Å². The van der Waals surface area contributed by atoms with Gasteiger partial charge < -0.3 is 10.0 Å². The molecule has 0 radical (unpaired) electrons. The number of benzene rings is 1. The number of halogens is 5. The van der Waals surface area contributed by atoms with E-state index in [0.29, 0.717) is 10.6 Å². The number of hydrogen-bond acceptors (Lipinski definition) is 2. The summed E-state index contributed by atoms with van der Waals surface area (Å²) in [4.78, 5) is 24.1. The summed E-state index contributed by atoms with van der Waals surface area (Å²) in [6.07, 6.45) is -4.89. The number of hydrogen-bond donors (Lipinski definition) is 1. The van der Waals surface area contributed by atoms with Crippen LogP contribution in [-0.4, -0.2) is 41.1 Å². The molecule has 1 heterocycles. The van der Waals surface area contributed by atoms with E-state index in [1.54, 1.807) is 0 Å². The minimum atomic E-state index is -4.67. The standard InChI is InChI=1S/C14H12Cl2F3NO3/c15-8-2-1-7(11(16)4-8)3-12(21)20-5-9(13(22)23)10(6-20)14(17,18)19/h1-2,4,9-10H,3,5-6H2,(H,22,23)/t9-,10-/m1/s1. The van der Waals surface area contributed by atoms with Gasteiger partial charge in [0.2, 0.25) is 5.91 Å². The Kier molecular flexibility index (Phi) is 5.10. The zero-order valence-corrected chi connectivity index (χ0v) is 13.1. The zero-order valence-electron chi connectivity index (χ0n) is 11.6. The Bertz CT molecular complexity index is 636. The van der Waals surface area contributed by atoms with Crippen LogP contribution in [0.4, 0.5) is 13.2 Å². The average molecular weight is 370 g/mol. The summed E-state index contributed by atoms with van der Waals surface area (Å²) < 4.78 is 38.7. The molecule has 1 aliphatic rings. The number of rotatable bonds is 3. The van der Waals surface area contributed by atoms with Crippen molar-refractivity contribution < 1.29 is 27.9 Å². The number of alkyl halides is 3. The number of carboxylic acids is 1. The van der Waals surface area contributed by atoms with Crippen LogP contribution in [0.3, 0.4) is 0 Å². The highest BCUT2D eigenvalue weighted by molar-refractivity contribution is 6.35. The van der Waals surface area contributed by atoms with Gasteiger partial charge in [0, 0.05) is 23.1 Å². The predicted octanol–water partition coefficient (Wildman–Crippen LogP) is 3.26. The Morgan fingerprint density at radius 2 is 1.91 bits per heavy atom. The van der Waals surface area contributed by atoms with Crippen molar-refractivity contribution in [1.82, 2.24) is 4.90 Å². The summed E-state index contributed by atoms with van der Waals surface area (Å²) in [6.45, 7) is -1.13. The first-order chi connectivity index (χ1) is 10.6. The van der Waals surface area contributed by atoms with Crippen molar-refractivity contribution in [1.29, 1.82) is 0 Å². The van der Waals surface area contributed by atoms with Gasteiger partial charge in [0.25, 0.3) is 0 Å². The van der Waals surface area contributed by atoms with E-state index in [9.17, 15) is 22.8 Å². The summed E-state index contributed by atoms with van der Waals surface area (Å²) in [5.74, 6) is -5.89. The van der Waals surface area contributed by atoms with Crippen LogP contribution in [0.15, 0.2) is 18.2 Å². The molecule has 0 unspecified atom stereocenters. The van der Waals surface area contributed by atoms with Crippen molar-refractivity contribution in [3.63, 3.8) is 0 Å². The summed E-state index contributed by atoms with van der Waals surface area (Å²) >= 11 is 11.7. The Labute approximate surface area is 139 Å². The van der Waals surface area contributed by atoms with Gasteiger partial charge in [-0.25, -0.2) is 0 Å². The molecule has 0 bridgehead atoms. The van der Waals surface area contributed by atoms with Crippen LogP contribution in [0, 0.1) is 11.8 Å². The molecule has 0 aliphatic carbocycles. The number of amides is 1. The van der Waals surface area contributed by atoms with Crippen LogP contribution in [0.5, 0.6) is 0 Å². The van der Waals surface area contributed by atoms with Crippen molar-refractivity contribution in [2.45, 2.75) is 12.6 Å². The minimum absolute atomic E-state index is 0.215. The van der Waals surface area contributed by atoms with Gasteiger partial charge in [0.05, 0.1) is 18.3 Å². The second-order valence-corrected chi connectivity index (χ2v) is 6.15. The second kappa shape index (κ2) is 6.57. The van der Waals surface area contributed by atoms with E-state index in [-0.39, 0.29) is 11.4 Å². The number of likely N-dealkylation sites (tertiary alicyclic amines) is 1. The molecule has 0 spiro atoms. The summed E-state index contributed by atoms with van der Waals surface area (Å²) in [5.41, 5.74) is 0.420. The lowest BCUT2D eigenvalue weighted by Crippen LogP contribution is -2.34. The van der Waals surface area contributed by atoms with Gasteiger partial charge in [-0.15, -0.1) is 0 Å². The summed E-state index contributed by atoms with van der Waals surface area (Å²) in [7, 11) is 0. The third-order valence-electron chi connectivity index (χ3n) is 3.77. The molecule has 2 rings (SSSR count). The van der Waals surface area contributed by atoms with Gasteiger partial charge in [-0.05, 0) is 17.7 Å². The monoisotopic (exact) mass is 369 g/mol. The van der Waals surface area contributed by atoms with E-state index >= 15 is 0 Å². The van der Waals surface area contributed by atoms with E-state index in [4.69, 9.17) is 28.3 Å². The lowest BCUT2D eigenvalue weighted by Gasteiger charge is -2.18. The van der Waals surface area contributed by atoms with Gasteiger partial charge >= 0.3 is 12.1 Å². The molecule has 1 aliphatic heterocycles. The van der Waals surface area contributed by atoms with Gasteiger partial charge in [0.1, 0.15) is 0 Å². The third kappa shape index (κ3) is 4.09. The molecule has 9 heteroatoms. The van der Waals surface area contributed by atoms with Gasteiger partial charge in [-0.3, -0.25) is 9.59 Å². The predicted molar refractivity (Wildman–Crippen MR) is 77.4 cm³/mol. The second-order valence-electron chi connectivity index (χ2n) is 5.30. The van der Waals surface area contributed by atoms with E-state index in [2.05, 4.69) is 0 Å². The van der Waals surface area contributed by atoms with Crippen LogP contribution in [0.1, 0.15) is 5.56 Å². The molecule has 1 amide bonds. The molecule has 0 aromatic heterocycles. The van der Waals surface area contributed by atoms with Crippen molar-refractivity contribution in [2.75, 3.05) is 13.1 Å². The molecule has 126 valence electrons. The smallest absolute Gasteiger partial charge is 0.394 e. The van der Waals surface area contributed by atoms with E-state index < -0.39 is 43.0 Å². The normalized spacial score (nSPS) is 21.5. The summed E-state index contributed by atoms with van der Waals surface area (Å²) in [6, 6.07) is 4.45. The van der Waals surface area contributed by atoms with Crippen molar-refractivity contribution in [3.05, 3.63) is 33.8 Å². The molecule has 23 heavy (non-hydrogen) atoms. The molecule has 2 atom stereocenters. The third-order valence-corrected chi connectivity index (χ3v) is 4.35. The molecule has 1 saturated heterocycles. The Balaban J connectivity index is 2.13. The Morgan fingerprint density at radius 3 is 2.39 bits per heavy atom. The molecule has 4 nitrogen and oxygen atoms in total. The van der Waals surface area contributed by atoms with E-state index in [0.717, 1.165) is 4.90 Å². The topological polar surface area (TPSA) is 57.6 Å². The lowest BCUT2D eigenvalue weighted by atomic mass is 9.96. The Hall–Kier alpha value is -1.47. The maximum Gasteiger partial charge on any atom is 0.394 e. The first-order valence-corrected chi connectivity index (χ1v) is 7.36. The molecular formula is C14H12Cl2F3NO3. The van der Waals surface area contributed by atoms with Crippen LogP contribution in [0.2, 0.25) is 10.0 Å². The molecule has 1 N–H and O–H groups in total. The van der Waals surface area contributed by atoms with Gasteiger partial charge in [-0.2, -0.15) is 13.2 Å². The highest BCUT2D eigenvalue weighted by Gasteiger charge is 2.53. The van der Waals surface area contributed by atoms with E-state index in [1.165, 1.54) is 18.2 Å². The fourth-order valence-corrected chi connectivity index (χ4v) is 3.00. The zero-order chi connectivity index (χ0) is 17.4.